The Morgan fingerprint density at radius 1 is 0.405 bits per heavy atom. The number of aliphatic hydroxyl groups is 6. The van der Waals surface area contributed by atoms with Crippen LogP contribution in [0.4, 0.5) is 4.79 Å². The molecule has 5 amide bonds. The number of benzene rings is 1. The summed E-state index contributed by atoms with van der Waals surface area (Å²) in [6, 6.07) is 6.09. The Morgan fingerprint density at radius 2 is 0.727 bits per heavy atom. The number of nitrogens with zero attached hydrogens (tertiary/aromatic N) is 3. The van der Waals surface area contributed by atoms with Gasteiger partial charge in [0.05, 0.1) is 111 Å². The molecule has 4 aromatic rings. The van der Waals surface area contributed by atoms with E-state index < -0.39 is 121 Å². The summed E-state index contributed by atoms with van der Waals surface area (Å²) in [6.07, 6.45) is 8.62. The van der Waals surface area contributed by atoms with E-state index in [-0.39, 0.29) is 92.8 Å². The Balaban J connectivity index is 0.000000325. The van der Waals surface area contributed by atoms with Crippen LogP contribution in [0.2, 0.25) is 0 Å². The summed E-state index contributed by atoms with van der Waals surface area (Å²) in [6.45, 7) is 5.25. The highest BCUT2D eigenvalue weighted by molar-refractivity contribution is 6.18. The van der Waals surface area contributed by atoms with Crippen molar-refractivity contribution in [3.63, 3.8) is 0 Å². The van der Waals surface area contributed by atoms with Crippen molar-refractivity contribution in [3.8, 4) is 35.5 Å². The number of aromatic amines is 3. The molecule has 38 nitrogen and oxygen atoms in total. The molecule has 14 N–H and O–H groups in total. The lowest BCUT2D eigenvalue weighted by atomic mass is 10.1. The molecule has 0 spiro atoms. The van der Waals surface area contributed by atoms with Gasteiger partial charge in [-0.2, -0.15) is 0 Å². The first kappa shape index (κ1) is 103. The minimum absolute atomic E-state index is 0.0218. The van der Waals surface area contributed by atoms with Gasteiger partial charge in [0.2, 0.25) is 11.8 Å². The van der Waals surface area contributed by atoms with Gasteiger partial charge in [0, 0.05) is 119 Å². The molecule has 3 unspecified atom stereocenters. The molecule has 3 aromatic heterocycles. The fourth-order valence-electron chi connectivity index (χ4n) is 11.6. The van der Waals surface area contributed by atoms with Crippen molar-refractivity contribution in [1.29, 1.82) is 0 Å². The number of alkyl halides is 3. The number of aromatic nitrogens is 6. The van der Waals surface area contributed by atoms with Gasteiger partial charge in [0.1, 0.15) is 53.7 Å². The van der Waals surface area contributed by atoms with Gasteiger partial charge in [-0.1, -0.05) is 74.0 Å². The summed E-state index contributed by atoms with van der Waals surface area (Å²) in [5.74, 6) is 16.5. The Kier molecular flexibility index (Phi) is 52.4. The van der Waals surface area contributed by atoms with Gasteiger partial charge in [0.25, 0.3) is 28.5 Å². The van der Waals surface area contributed by atoms with Gasteiger partial charge >= 0.3 is 23.2 Å². The first-order chi connectivity index (χ1) is 58.6. The summed E-state index contributed by atoms with van der Waals surface area (Å²) in [7, 11) is 0. The topological polar surface area (TPSA) is 524 Å². The third kappa shape index (κ3) is 40.9. The van der Waals surface area contributed by atoms with Crippen LogP contribution in [0.5, 0.6) is 0 Å². The van der Waals surface area contributed by atoms with E-state index in [1.807, 2.05) is 0 Å². The average molecular weight is 1770 g/mol. The standard InChI is InChI=1S/C30H39ClN4O9.C27H41ClN4O9.C23H34ClN3O9/c31-11-3-1-2-4-14-42-16-17-43-15-13-33-28(39)22-9-7-21(8-10-22)27(38)32-12-5-6-23-19-35(30(41)34-29(23)40)26-18-24(37)25(20-36)44-26;28-10-3-1-2-4-13-39-15-16-40-14-12-30-24(36)9-5-8-23(35)29-11-6-7-20-18-32(27(38)31-26(20)37)25-17-21(34)22(19-33)41-25;24-7-3-1-2-4-9-33-12-13-34-11-8-25-23(32)35-10-5-6-17-15-27(22(31)26-21(17)30)20-14-18(29)19(16-28)36-20/h7-10,19,24-26,36-37H,1-4,11-18,20H2,(H,32,38)(H,33,39)(H,34,40,41);18,21-22,25,33-34H,1-5,8-17,19H2,(H,29,35)(H,30,36)(H,31,37,38);15,18-20,28-29H,1-4,7-14,16H2,(H,25,32)(H,26,30,31)/t24?,25-,26-;21?,22-,25-;18?,19-,20-/m111/s1. The lowest BCUT2D eigenvalue weighted by molar-refractivity contribution is -0.122. The van der Waals surface area contributed by atoms with E-state index in [0.29, 0.717) is 128 Å². The predicted octanol–water partition coefficient (Wildman–Crippen LogP) is 0.372. The van der Waals surface area contributed by atoms with Crippen LogP contribution in [0.15, 0.2) is 71.6 Å². The molecule has 3 aliphatic rings. The quantitative estimate of drug-likeness (QED) is 0.0161. The number of hydrogen-bond acceptors (Lipinski definition) is 27. The Morgan fingerprint density at radius 3 is 1.09 bits per heavy atom. The van der Waals surface area contributed by atoms with Crippen LogP contribution in [0, 0.1) is 35.5 Å². The molecule has 0 bridgehead atoms. The largest absolute Gasteiger partial charge is 0.436 e. The van der Waals surface area contributed by atoms with Crippen LogP contribution in [0.25, 0.3) is 0 Å². The monoisotopic (exact) mass is 1770 g/mol. The molecule has 672 valence electrons. The summed E-state index contributed by atoms with van der Waals surface area (Å²) in [5, 5.41) is 70.5. The molecule has 3 fully saturated rings. The van der Waals surface area contributed by atoms with Crippen molar-refractivity contribution in [2.24, 2.45) is 0 Å². The minimum Gasteiger partial charge on any atom is -0.436 e. The second kappa shape index (κ2) is 61.6. The zero-order chi connectivity index (χ0) is 87.8. The van der Waals surface area contributed by atoms with E-state index >= 15 is 0 Å². The first-order valence-electron chi connectivity index (χ1n) is 40.3. The molecule has 1 aromatic carbocycles. The fraction of sp³-hybridized carbons (Fsp3) is 0.637. The van der Waals surface area contributed by atoms with Gasteiger partial charge in [-0.3, -0.25) is 62.2 Å². The molecule has 3 aliphatic heterocycles. The number of nitrogens with one attached hydrogen (secondary N) is 8. The number of halogens is 3. The molecule has 3 saturated heterocycles. The van der Waals surface area contributed by atoms with Gasteiger partial charge < -0.3 is 105 Å². The van der Waals surface area contributed by atoms with Gasteiger partial charge in [0.15, 0.2) is 6.61 Å². The maximum Gasteiger partial charge on any atom is 0.408 e. The smallest absolute Gasteiger partial charge is 0.408 e. The number of unbranched alkanes of at least 4 members (excludes halogenated alkanes) is 9. The zero-order valence-corrected chi connectivity index (χ0v) is 69.9. The fourth-order valence-corrected chi connectivity index (χ4v) is 12.1. The maximum absolute atomic E-state index is 12.5. The number of aliphatic hydroxyl groups excluding tert-OH is 6. The molecule has 121 heavy (non-hydrogen) atoms. The number of carbonyl (C=O) groups excluding carboxylic acids is 5. The van der Waals surface area contributed by atoms with Crippen LogP contribution in [0.3, 0.4) is 0 Å². The molecule has 0 radical (unpaired) electrons. The third-order valence-electron chi connectivity index (χ3n) is 18.1. The van der Waals surface area contributed by atoms with E-state index in [9.17, 15) is 83.4 Å². The van der Waals surface area contributed by atoms with E-state index in [2.05, 4.69) is 77.1 Å². The van der Waals surface area contributed by atoms with Crippen molar-refractivity contribution >= 4 is 64.5 Å². The highest BCUT2D eigenvalue weighted by atomic mass is 35.5. The molecule has 9 atom stereocenters. The van der Waals surface area contributed by atoms with E-state index in [1.165, 1.54) is 42.9 Å². The number of carbonyl (C=O) groups is 5. The number of amides is 5. The zero-order valence-electron chi connectivity index (χ0n) is 67.7. The lowest BCUT2D eigenvalue weighted by Crippen LogP contribution is -2.33. The summed E-state index contributed by atoms with van der Waals surface area (Å²) in [4.78, 5) is 140. The van der Waals surface area contributed by atoms with Gasteiger partial charge in [-0.25, -0.2) is 19.2 Å². The molecular weight excluding hydrogens is 1650 g/mol. The highest BCUT2D eigenvalue weighted by Gasteiger charge is 2.38. The third-order valence-corrected chi connectivity index (χ3v) is 18.9. The van der Waals surface area contributed by atoms with E-state index in [0.717, 1.165) is 90.8 Å². The Hall–Kier alpha value is -8.64. The van der Waals surface area contributed by atoms with Crippen molar-refractivity contribution in [2.75, 3.05) is 156 Å². The molecule has 41 heteroatoms. The van der Waals surface area contributed by atoms with E-state index in [4.69, 9.17) is 82.2 Å². The maximum atomic E-state index is 12.5. The van der Waals surface area contributed by atoms with Crippen LogP contribution in [-0.2, 0) is 57.0 Å². The second-order valence-electron chi connectivity index (χ2n) is 27.4. The number of H-pyrrole nitrogens is 3. The predicted molar refractivity (Wildman–Crippen MR) is 442 cm³/mol. The normalized spacial score (nSPS) is 18.2. The number of rotatable bonds is 51. The molecule has 7 rings (SSSR count). The van der Waals surface area contributed by atoms with Crippen molar-refractivity contribution in [2.45, 2.75) is 171 Å². The van der Waals surface area contributed by atoms with Crippen LogP contribution in [-0.4, -0.2) is 282 Å². The number of alkyl carbamates (subject to hydrolysis) is 1. The summed E-state index contributed by atoms with van der Waals surface area (Å²) < 4.78 is 57.2. The second-order valence-corrected chi connectivity index (χ2v) is 28.5. The summed E-state index contributed by atoms with van der Waals surface area (Å²) in [5.41, 5.74) is -3.73. The molecule has 0 saturated carbocycles. The van der Waals surface area contributed by atoms with Crippen LogP contribution < -0.4 is 60.3 Å². The SMILES string of the molecule is O=C(CCCC(=O)NCCOCCOCCCCCCCl)NCC#Cc1cn([C@H]2CC(O)[C@@H](CO)O2)c(=O)[nH]c1=O.O=C(NCC#Cc1cn([C@H]2CC(O)[C@@H](CO)O2)c(=O)[nH]c1=O)c1ccc(C(=O)NCCOCCOCCCCCCCl)cc1.O=C(NCCOCCOCCCCCCCl)OCC#Cc1cn([C@H]2CC(O)[C@@H](CO)O2)c(=O)[nH]c1=O. The number of hydrogen-bond donors (Lipinski definition) is 14. The van der Waals surface area contributed by atoms with Gasteiger partial charge in [-0.15, -0.1) is 34.8 Å². The minimum atomic E-state index is -0.959. The van der Waals surface area contributed by atoms with Crippen molar-refractivity contribution in [1.82, 2.24) is 55.2 Å². The van der Waals surface area contributed by atoms with E-state index in [1.54, 1.807) is 0 Å². The number of ether oxygens (including phenoxy) is 10. The Labute approximate surface area is 714 Å². The lowest BCUT2D eigenvalue weighted by Gasteiger charge is -2.14. The first-order valence-corrected chi connectivity index (χ1v) is 41.9. The molecular formula is C80H114Cl3N11O27. The van der Waals surface area contributed by atoms with Crippen molar-refractivity contribution in [3.05, 3.63) is 133 Å². The van der Waals surface area contributed by atoms with Gasteiger partial charge in [-0.05, 0) is 69.2 Å². The summed E-state index contributed by atoms with van der Waals surface area (Å²) >= 11 is 16.9. The molecule has 6 heterocycles. The van der Waals surface area contributed by atoms with Crippen molar-refractivity contribution < 1.29 is 102 Å². The molecule has 0 aliphatic carbocycles. The van der Waals surface area contributed by atoms with Crippen LogP contribution >= 0.6 is 34.8 Å². The average Bonchev–Trinajstić information content (AvgIpc) is 1.74. The highest BCUT2D eigenvalue weighted by Crippen LogP contribution is 2.29. The van der Waals surface area contributed by atoms with Crippen LogP contribution in [0.1, 0.15) is 172 Å². The Bertz CT molecular complexity index is 4320.